The third-order valence-corrected chi connectivity index (χ3v) is 23.5. The SMILES string of the molecule is CCCCC[C@H](NC(=O)[C@H](C)CC(=O)[C@@H]1CCCN1C(=O)[C@H](CCCCNC(=O)OCc1ccccc1)NC(=O)c1ccc(-c2ccc(CCCC)cc2)cc1)C(=O)C[C@@H]1CN(OC)C1=O.CCCCc1ccc(-c2ccc(C(=O)N[C@@H](CCCCN)C(=O)N3CCC[C@H]3C(=O)C[C@@H](C)C(=O)N[C@@H](CCCCN)C(=O)C[C@@H]3CN(OC)C3=O)cc2)cc1.[CH3-].[Pd]. The molecule has 124 heavy (non-hydrogen) atoms. The standard InChI is InChI=1S/C52H69N5O9.C43H62N6O7.CH3.Pd/c1-5-7-10-19-43(46(58)33-42-34-57(65-4)50(42)62)54-48(60)36(3)32-47(59)45-21-15-31-56(45)51(63)44(20-13-14-30-53-52(64)66-35-38-17-11-9-12-18-38)55-49(61)41-28-26-40(27-29-41)39-24-22-37(23-25-39)16-8-6-2;1-4-5-11-30-15-17-31(18-16-30)32-19-21-33(22-20-32)41(53)47-36(13-7-9-24-45)43(55)48-25-10-14-37(48)39(51)26-29(2)40(52)46-35(12-6-8-23-44)38(50)27-34-28-49(56-3)42(34)54;;/h9,11-12,17-18,22-29,36,42-45H,5-8,10,13-16,19-21,30-35H2,1-4H3,(H,53,64)(H,54,60)(H,55,61);15-22,29,34-37H,4-14,23-28,44-45H2,1-3H3,(H,46,52)(H,47,53);1H3;/q;;-1;/t36-,42-,43+,44+,45+;29-,34-,35+,36+,37+;;/m11../s1. The number of ketones is 4. The minimum Gasteiger partial charge on any atom is -0.445 e. The molecule has 9 rings (SSSR count). The van der Waals surface area contributed by atoms with Gasteiger partial charge in [0.25, 0.3) is 23.6 Å². The van der Waals surface area contributed by atoms with Crippen molar-refractivity contribution in [2.24, 2.45) is 35.1 Å². The molecule has 0 spiro atoms. The van der Waals surface area contributed by atoms with Crippen molar-refractivity contribution in [3.05, 3.63) is 163 Å². The van der Waals surface area contributed by atoms with Crippen LogP contribution in [0.4, 0.5) is 4.79 Å². The summed E-state index contributed by atoms with van der Waals surface area (Å²) in [4.78, 5) is 187. The average molecular weight is 1800 g/mol. The molecule has 10 atom stereocenters. The smallest absolute Gasteiger partial charge is 0.407 e. The van der Waals surface area contributed by atoms with E-state index in [-0.39, 0.29) is 119 Å². The van der Waals surface area contributed by atoms with Crippen molar-refractivity contribution in [1.29, 1.82) is 0 Å². The largest absolute Gasteiger partial charge is 0.445 e. The van der Waals surface area contributed by atoms with Crippen LogP contribution in [0.15, 0.2) is 127 Å². The number of hydroxylamine groups is 4. The van der Waals surface area contributed by atoms with E-state index in [2.05, 4.69) is 89.0 Å². The zero-order valence-electron chi connectivity index (χ0n) is 73.9. The number of nitrogens with zero attached hydrogens (tertiary/aromatic N) is 4. The maximum absolute atomic E-state index is 14.4. The molecule has 5 aromatic rings. The summed E-state index contributed by atoms with van der Waals surface area (Å²) in [5, 5.41) is 16.7. The van der Waals surface area contributed by atoms with E-state index in [0.717, 1.165) is 85.6 Å². The second kappa shape index (κ2) is 54.3. The van der Waals surface area contributed by atoms with Gasteiger partial charge in [-0.3, -0.25) is 67.2 Å². The van der Waals surface area contributed by atoms with Gasteiger partial charge >= 0.3 is 6.09 Å². The van der Waals surface area contributed by atoms with Gasteiger partial charge < -0.3 is 60.0 Å². The average Bonchev–Trinajstić information content (AvgIpc) is 1.36. The van der Waals surface area contributed by atoms with Gasteiger partial charge in [-0.1, -0.05) is 170 Å². The van der Waals surface area contributed by atoms with Crippen molar-refractivity contribution in [2.45, 2.75) is 251 Å². The molecule has 0 bridgehead atoms. The van der Waals surface area contributed by atoms with Gasteiger partial charge in [0.05, 0.1) is 63.3 Å². The van der Waals surface area contributed by atoms with Crippen molar-refractivity contribution in [2.75, 3.05) is 60.0 Å². The molecule has 4 saturated heterocycles. The summed E-state index contributed by atoms with van der Waals surface area (Å²) < 4.78 is 5.32. The number of alkyl carbamates (subject to hydrolysis) is 1. The molecule has 0 aromatic heterocycles. The van der Waals surface area contributed by atoms with E-state index >= 15 is 0 Å². The van der Waals surface area contributed by atoms with E-state index in [1.165, 1.54) is 40.4 Å². The molecule has 5 aromatic carbocycles. The van der Waals surface area contributed by atoms with E-state index in [1.807, 2.05) is 61.5 Å². The van der Waals surface area contributed by atoms with Crippen LogP contribution in [-0.2, 0) is 102 Å². The number of aryl methyl sites for hydroxylation is 2. The Labute approximate surface area is 746 Å². The normalized spacial score (nSPS) is 17.3. The molecule has 9 N–H and O–H groups in total. The first-order valence-electron chi connectivity index (χ1n) is 44.3. The maximum Gasteiger partial charge on any atom is 0.407 e. The van der Waals surface area contributed by atoms with Crippen LogP contribution < -0.4 is 38.1 Å². The van der Waals surface area contributed by atoms with Crippen LogP contribution in [0.1, 0.15) is 233 Å². The number of benzene rings is 5. The summed E-state index contributed by atoms with van der Waals surface area (Å²) in [6.45, 7) is 12.3. The van der Waals surface area contributed by atoms with Crippen molar-refractivity contribution in [3.63, 3.8) is 0 Å². The van der Waals surface area contributed by atoms with E-state index in [0.29, 0.717) is 140 Å². The molecule has 4 aliphatic rings. The molecule has 9 amide bonds. The molecule has 28 heteroatoms. The first-order valence-corrected chi connectivity index (χ1v) is 44.3. The minimum absolute atomic E-state index is 0. The molecule has 0 saturated carbocycles. The zero-order valence-corrected chi connectivity index (χ0v) is 75.5. The van der Waals surface area contributed by atoms with Crippen LogP contribution in [-0.4, -0.2) is 193 Å². The summed E-state index contributed by atoms with van der Waals surface area (Å²) >= 11 is 0. The molecule has 0 aliphatic carbocycles. The van der Waals surface area contributed by atoms with Crippen molar-refractivity contribution in [3.8, 4) is 22.3 Å². The van der Waals surface area contributed by atoms with E-state index in [4.69, 9.17) is 25.9 Å². The second-order valence-electron chi connectivity index (χ2n) is 32.9. The molecule has 4 heterocycles. The van der Waals surface area contributed by atoms with E-state index in [9.17, 15) is 62.3 Å². The van der Waals surface area contributed by atoms with Gasteiger partial charge in [0.15, 0.2) is 23.1 Å². The Morgan fingerprint density at radius 1 is 0.452 bits per heavy atom. The number of hydrogen-bond donors (Lipinski definition) is 7. The number of β-lactam (4-membered cyclic amide) rings is 2. The predicted molar refractivity (Wildman–Crippen MR) is 473 cm³/mol. The Hall–Kier alpha value is -9.69. The number of amides is 9. The van der Waals surface area contributed by atoms with Crippen molar-refractivity contribution >= 4 is 76.5 Å². The second-order valence-corrected chi connectivity index (χ2v) is 32.9. The Morgan fingerprint density at radius 2 is 0.823 bits per heavy atom. The first-order chi connectivity index (χ1) is 58.9. The number of carbonyl (C=O) groups is 13. The summed E-state index contributed by atoms with van der Waals surface area (Å²) in [6, 6.07) is 35.9. The molecule has 0 radical (unpaired) electrons. The van der Waals surface area contributed by atoms with Gasteiger partial charge in [-0.2, -0.15) is 0 Å². The number of hydrogen-bond acceptors (Lipinski definition) is 18. The maximum atomic E-state index is 14.4. The number of nitrogens with two attached hydrogens (primary N) is 2. The Balaban J connectivity index is 0.000000382. The molecular weight excluding hydrogens is 1670 g/mol. The van der Waals surface area contributed by atoms with Gasteiger partial charge in [-0.15, -0.1) is 0 Å². The minimum atomic E-state index is -0.958. The number of rotatable bonds is 51. The van der Waals surface area contributed by atoms with Gasteiger partial charge in [0.2, 0.25) is 23.6 Å². The number of likely N-dealkylation sites (tertiary alicyclic amines) is 2. The number of nitrogens with one attached hydrogen (secondary N) is 5. The fraction of sp³-hybridized carbons (Fsp3) is 0.542. The molecule has 4 fully saturated rings. The van der Waals surface area contributed by atoms with Crippen LogP contribution >= 0.6 is 0 Å². The van der Waals surface area contributed by atoms with Crippen molar-refractivity contribution in [1.82, 2.24) is 46.5 Å². The predicted octanol–water partition coefficient (Wildman–Crippen LogP) is 12.1. The number of unbranched alkanes of at least 4 members (excludes halogenated alkanes) is 7. The third-order valence-electron chi connectivity index (χ3n) is 23.5. The Bertz CT molecular complexity index is 4250. The van der Waals surface area contributed by atoms with Crippen LogP contribution in [0, 0.1) is 31.1 Å². The topological polar surface area (TPSA) is 375 Å². The summed E-state index contributed by atoms with van der Waals surface area (Å²) in [5.74, 6) is -6.44. The third kappa shape index (κ3) is 31.5. The first kappa shape index (κ1) is 103. The molecule has 4 aliphatic heterocycles. The quantitative estimate of drug-likeness (QED) is 0.00823. The summed E-state index contributed by atoms with van der Waals surface area (Å²) in [5.41, 5.74) is 19.7. The van der Waals surface area contributed by atoms with Crippen LogP contribution in [0.5, 0.6) is 0 Å². The fourth-order valence-corrected chi connectivity index (χ4v) is 15.9. The fourth-order valence-electron chi connectivity index (χ4n) is 15.9. The van der Waals surface area contributed by atoms with Crippen LogP contribution in [0.25, 0.3) is 22.3 Å². The van der Waals surface area contributed by atoms with Gasteiger partial charge in [0, 0.05) is 88.7 Å². The number of ether oxygens (including phenoxy) is 1. The molecule has 27 nitrogen and oxygen atoms in total. The summed E-state index contributed by atoms with van der Waals surface area (Å²) in [6.07, 6.45) is 15.4. The van der Waals surface area contributed by atoms with Crippen LogP contribution in [0.3, 0.4) is 0 Å². The van der Waals surface area contributed by atoms with Crippen LogP contribution in [0.2, 0.25) is 0 Å². The monoisotopic (exact) mass is 1800 g/mol. The number of Topliss-reactive ketones (excluding diaryl/α,β-unsaturated/α-hetero) is 4. The van der Waals surface area contributed by atoms with Crippen molar-refractivity contribution < 1.29 is 97.2 Å². The van der Waals surface area contributed by atoms with E-state index in [1.54, 1.807) is 43.0 Å². The Kier molecular flexibility index (Phi) is 45.1. The Morgan fingerprint density at radius 3 is 1.19 bits per heavy atom. The molecule has 0 unspecified atom stereocenters. The molecular formula is C96H134N11O16Pd-. The van der Waals surface area contributed by atoms with Gasteiger partial charge in [0.1, 0.15) is 18.7 Å². The summed E-state index contributed by atoms with van der Waals surface area (Å²) in [7, 11) is 2.79. The van der Waals surface area contributed by atoms with Gasteiger partial charge in [-0.05, 0) is 192 Å². The van der Waals surface area contributed by atoms with E-state index < -0.39 is 83.7 Å². The molecule has 680 valence electrons. The zero-order chi connectivity index (χ0) is 88.0. The number of carbonyl (C=O) groups excluding carboxylic acids is 13. The van der Waals surface area contributed by atoms with Gasteiger partial charge in [-0.25, -0.2) is 14.9 Å².